The molecule has 2 N–H and O–H groups in total. The van der Waals surface area contributed by atoms with Gasteiger partial charge in [-0.25, -0.2) is 4.98 Å². The van der Waals surface area contributed by atoms with Crippen molar-refractivity contribution in [2.24, 2.45) is 5.92 Å². The summed E-state index contributed by atoms with van der Waals surface area (Å²) < 4.78 is 0. The van der Waals surface area contributed by atoms with E-state index in [0.29, 0.717) is 12.8 Å². The smallest absolute Gasteiger partial charge is 0.227 e. The number of pyridine rings is 1. The molecule has 3 rings (SSSR count). The maximum absolute atomic E-state index is 10.1. The summed E-state index contributed by atoms with van der Waals surface area (Å²) in [6.45, 7) is 0. The molecule has 1 aliphatic heterocycles. The van der Waals surface area contributed by atoms with Gasteiger partial charge in [0, 0.05) is 25.6 Å². The van der Waals surface area contributed by atoms with Crippen LogP contribution in [0.25, 0.3) is 0 Å². The number of aromatic nitrogens is 1. The van der Waals surface area contributed by atoms with Gasteiger partial charge >= 0.3 is 0 Å². The lowest BCUT2D eigenvalue weighted by atomic mass is 9.82. The molecule has 0 spiro atoms. The zero-order valence-corrected chi connectivity index (χ0v) is 12.5. The Hall–Kier alpha value is -1.91. The largest absolute Gasteiger partial charge is 0.373 e. The van der Waals surface area contributed by atoms with Gasteiger partial charge in [-0.2, -0.15) is 0 Å². The van der Waals surface area contributed by atoms with Gasteiger partial charge in [-0.3, -0.25) is 14.9 Å². The summed E-state index contributed by atoms with van der Waals surface area (Å²) in [5.74, 6) is 1.67. The van der Waals surface area contributed by atoms with E-state index in [2.05, 4.69) is 27.8 Å². The Kier molecular flexibility index (Phi) is 5.72. The van der Waals surface area contributed by atoms with E-state index in [-0.39, 0.29) is 11.8 Å². The average Bonchev–Trinajstić information content (AvgIpc) is 2.82. The molecule has 2 fully saturated rings. The first-order chi connectivity index (χ1) is 10.2. The van der Waals surface area contributed by atoms with Gasteiger partial charge in [0.05, 0.1) is 0 Å². The van der Waals surface area contributed by atoms with E-state index in [0.717, 1.165) is 18.2 Å². The van der Waals surface area contributed by atoms with Crippen molar-refractivity contribution >= 4 is 17.6 Å². The summed E-state index contributed by atoms with van der Waals surface area (Å²) in [4.78, 5) is 24.8. The number of carbonyl (C=O) groups is 2. The van der Waals surface area contributed by atoms with Crippen molar-refractivity contribution in [2.45, 2.75) is 44.9 Å². The van der Waals surface area contributed by atoms with E-state index in [9.17, 15) is 9.59 Å². The lowest BCUT2D eigenvalue weighted by Crippen LogP contribution is -2.18. The average molecular weight is 289 g/mol. The summed E-state index contributed by atoms with van der Waals surface area (Å²) in [6, 6.07) is 6.21. The van der Waals surface area contributed by atoms with Crippen molar-refractivity contribution in [1.29, 1.82) is 0 Å². The second kappa shape index (κ2) is 7.76. The fourth-order valence-corrected chi connectivity index (χ4v) is 2.40. The van der Waals surface area contributed by atoms with Crippen molar-refractivity contribution in [3.8, 4) is 0 Å². The zero-order valence-electron chi connectivity index (χ0n) is 12.5. The van der Waals surface area contributed by atoms with Crippen LogP contribution in [0.4, 0.5) is 5.82 Å². The Balaban J connectivity index is 0.000000194. The lowest BCUT2D eigenvalue weighted by molar-refractivity contribution is -0.124. The van der Waals surface area contributed by atoms with Gasteiger partial charge in [0.15, 0.2) is 0 Å². The van der Waals surface area contributed by atoms with Crippen molar-refractivity contribution in [2.75, 3.05) is 12.4 Å². The highest BCUT2D eigenvalue weighted by atomic mass is 16.2. The summed E-state index contributed by atoms with van der Waals surface area (Å²) >= 11 is 0. The Labute approximate surface area is 125 Å². The number of aryl methyl sites for hydroxylation is 1. The standard InChI is InChI=1S/C12H18N2.C4H5NO2/c1-13-12-7-3-6-11(14-12)9-8-10-4-2-5-10;6-3-1-2-4(7)5-3/h3,6-7,10H,2,4-5,8-9H2,1H3,(H,13,14);1-2H2,(H,5,6,7). The Morgan fingerprint density at radius 1 is 1.24 bits per heavy atom. The molecule has 0 aromatic carbocycles. The Morgan fingerprint density at radius 2 is 1.95 bits per heavy atom. The number of hydrogen-bond donors (Lipinski definition) is 2. The normalized spacial score (nSPS) is 17.6. The molecule has 2 aliphatic rings. The predicted octanol–water partition coefficient (Wildman–Crippen LogP) is 2.28. The van der Waals surface area contributed by atoms with Crippen molar-refractivity contribution < 1.29 is 9.59 Å². The fraction of sp³-hybridized carbons (Fsp3) is 0.562. The molecule has 0 bridgehead atoms. The van der Waals surface area contributed by atoms with E-state index < -0.39 is 0 Å². The minimum atomic E-state index is -0.148. The quantitative estimate of drug-likeness (QED) is 0.834. The summed E-state index contributed by atoms with van der Waals surface area (Å²) in [5, 5.41) is 5.21. The van der Waals surface area contributed by atoms with E-state index in [1.54, 1.807) is 0 Å². The summed E-state index contributed by atoms with van der Waals surface area (Å²) in [7, 11) is 1.91. The second-order valence-electron chi connectivity index (χ2n) is 5.57. The van der Waals surface area contributed by atoms with Gasteiger partial charge in [0.2, 0.25) is 11.8 Å². The van der Waals surface area contributed by atoms with Crippen LogP contribution in [0.1, 0.15) is 44.2 Å². The molecule has 5 heteroatoms. The third-order valence-electron chi connectivity index (χ3n) is 3.95. The molecule has 1 saturated heterocycles. The molecule has 114 valence electrons. The van der Waals surface area contributed by atoms with Gasteiger partial charge in [0.25, 0.3) is 0 Å². The van der Waals surface area contributed by atoms with Gasteiger partial charge in [-0.15, -0.1) is 0 Å². The molecule has 2 heterocycles. The highest BCUT2D eigenvalue weighted by Crippen LogP contribution is 2.30. The van der Waals surface area contributed by atoms with Crippen LogP contribution in [-0.4, -0.2) is 23.8 Å². The molecule has 1 aromatic heterocycles. The minimum Gasteiger partial charge on any atom is -0.373 e. The number of rotatable bonds is 4. The molecule has 1 aromatic rings. The minimum absolute atomic E-state index is 0.148. The SMILES string of the molecule is CNc1cccc(CCC2CCC2)n1.O=C1CCC(=O)N1. The van der Waals surface area contributed by atoms with Gasteiger partial charge in [0.1, 0.15) is 5.82 Å². The fourth-order valence-electron chi connectivity index (χ4n) is 2.40. The second-order valence-corrected chi connectivity index (χ2v) is 5.57. The predicted molar refractivity (Wildman–Crippen MR) is 81.8 cm³/mol. The zero-order chi connectivity index (χ0) is 15.1. The molecule has 1 aliphatic carbocycles. The summed E-state index contributed by atoms with van der Waals surface area (Å²) in [5.41, 5.74) is 1.23. The van der Waals surface area contributed by atoms with Gasteiger partial charge in [-0.1, -0.05) is 25.3 Å². The Morgan fingerprint density at radius 3 is 2.43 bits per heavy atom. The van der Waals surface area contributed by atoms with Crippen LogP contribution in [0.15, 0.2) is 18.2 Å². The lowest BCUT2D eigenvalue weighted by Gasteiger charge is -2.24. The number of carbonyl (C=O) groups excluding carboxylic acids is 2. The van der Waals surface area contributed by atoms with Crippen molar-refractivity contribution in [3.05, 3.63) is 23.9 Å². The first kappa shape index (κ1) is 15.5. The highest BCUT2D eigenvalue weighted by Gasteiger charge is 2.17. The van der Waals surface area contributed by atoms with Crippen molar-refractivity contribution in [3.63, 3.8) is 0 Å². The first-order valence-electron chi connectivity index (χ1n) is 7.63. The van der Waals surface area contributed by atoms with Gasteiger partial charge in [-0.05, 0) is 30.9 Å². The number of nitrogens with one attached hydrogen (secondary N) is 2. The Bertz CT molecular complexity index is 484. The van der Waals surface area contributed by atoms with E-state index in [1.165, 1.54) is 31.4 Å². The summed E-state index contributed by atoms with van der Waals surface area (Å²) in [6.07, 6.45) is 7.52. The van der Waals surface area contributed by atoms with Gasteiger partial charge < -0.3 is 5.32 Å². The molecule has 5 nitrogen and oxygen atoms in total. The number of anilines is 1. The molecular formula is C16H23N3O2. The third-order valence-corrected chi connectivity index (χ3v) is 3.95. The first-order valence-corrected chi connectivity index (χ1v) is 7.63. The number of imide groups is 1. The topological polar surface area (TPSA) is 71.1 Å². The molecule has 0 atom stereocenters. The highest BCUT2D eigenvalue weighted by molar-refractivity contribution is 6.01. The maximum Gasteiger partial charge on any atom is 0.227 e. The third kappa shape index (κ3) is 5.17. The van der Waals surface area contributed by atoms with E-state index in [1.807, 2.05) is 13.1 Å². The van der Waals surface area contributed by atoms with E-state index in [4.69, 9.17) is 0 Å². The molecule has 0 unspecified atom stereocenters. The van der Waals surface area contributed by atoms with Crippen LogP contribution >= 0.6 is 0 Å². The molecule has 21 heavy (non-hydrogen) atoms. The van der Waals surface area contributed by atoms with Crippen LogP contribution < -0.4 is 10.6 Å². The molecular weight excluding hydrogens is 266 g/mol. The van der Waals surface area contributed by atoms with Crippen molar-refractivity contribution in [1.82, 2.24) is 10.3 Å². The molecule has 2 amide bonds. The van der Waals surface area contributed by atoms with E-state index >= 15 is 0 Å². The number of amides is 2. The maximum atomic E-state index is 10.1. The van der Waals surface area contributed by atoms with Crippen LogP contribution in [0.3, 0.4) is 0 Å². The van der Waals surface area contributed by atoms with Crippen LogP contribution in [0, 0.1) is 5.92 Å². The number of hydrogen-bond acceptors (Lipinski definition) is 4. The molecule has 1 saturated carbocycles. The molecule has 0 radical (unpaired) electrons. The monoisotopic (exact) mass is 289 g/mol. The number of nitrogens with zero attached hydrogens (tertiary/aromatic N) is 1. The van der Waals surface area contributed by atoms with Crippen LogP contribution in [-0.2, 0) is 16.0 Å². The van der Waals surface area contributed by atoms with Crippen LogP contribution in [0.2, 0.25) is 0 Å². The van der Waals surface area contributed by atoms with Crippen LogP contribution in [0.5, 0.6) is 0 Å².